The fraction of sp³-hybridized carbons (Fsp3) is 0.300. The van der Waals surface area contributed by atoms with Gasteiger partial charge in [-0.25, -0.2) is 13.2 Å². The van der Waals surface area contributed by atoms with Crippen molar-refractivity contribution in [1.82, 2.24) is 5.32 Å². The van der Waals surface area contributed by atoms with E-state index in [1.54, 1.807) is 0 Å². The Kier molecular flexibility index (Phi) is 6.99. The third-order valence-corrected chi connectivity index (χ3v) is 6.31. The van der Waals surface area contributed by atoms with Gasteiger partial charge in [0.15, 0.2) is 0 Å². The van der Waals surface area contributed by atoms with Crippen LogP contribution in [0.25, 0.3) is 0 Å². The largest absolute Gasteiger partial charge is 0.507 e. The van der Waals surface area contributed by atoms with E-state index in [0.717, 1.165) is 19.2 Å². The number of sulfone groups is 1. The molecule has 1 amide bonds. The first kappa shape index (κ1) is 24.2. The van der Waals surface area contributed by atoms with Gasteiger partial charge < -0.3 is 15.2 Å². The number of hydrogen-bond donors (Lipinski definition) is 2. The molecule has 0 radical (unpaired) electrons. The van der Waals surface area contributed by atoms with E-state index >= 15 is 0 Å². The second-order valence-corrected chi connectivity index (χ2v) is 8.77. The number of aryl methyl sites for hydroxylation is 1. The lowest BCUT2D eigenvalue weighted by atomic mass is 10.1. The molecule has 7 nitrogen and oxygen atoms in total. The lowest BCUT2D eigenvalue weighted by Gasteiger charge is -2.16. The molecular weight excluding hydrogens is 439 g/mol. The Morgan fingerprint density at radius 2 is 1.74 bits per heavy atom. The van der Waals surface area contributed by atoms with Crippen molar-refractivity contribution in [3.05, 3.63) is 53.1 Å². The van der Waals surface area contributed by atoms with Crippen LogP contribution in [0.5, 0.6) is 5.75 Å². The van der Waals surface area contributed by atoms with Crippen LogP contribution in [-0.2, 0) is 25.8 Å². The number of nitrogens with one attached hydrogen (secondary N) is 1. The van der Waals surface area contributed by atoms with Crippen LogP contribution in [0.15, 0.2) is 46.2 Å². The number of halogens is 3. The van der Waals surface area contributed by atoms with Crippen LogP contribution in [0, 0.1) is 6.92 Å². The number of aromatic hydroxyl groups is 1. The van der Waals surface area contributed by atoms with Crippen LogP contribution in [-0.4, -0.2) is 44.7 Å². The minimum Gasteiger partial charge on any atom is -0.507 e. The first-order valence-corrected chi connectivity index (χ1v) is 10.4. The summed E-state index contributed by atoms with van der Waals surface area (Å²) in [7, 11) is -2.98. The average molecular weight is 459 g/mol. The molecule has 0 aliphatic rings. The van der Waals surface area contributed by atoms with E-state index in [-0.39, 0.29) is 27.3 Å². The Bertz CT molecular complexity index is 1100. The molecule has 0 unspecified atom stereocenters. The van der Waals surface area contributed by atoms with Gasteiger partial charge in [-0.3, -0.25) is 4.79 Å². The first-order valence-electron chi connectivity index (χ1n) is 8.91. The van der Waals surface area contributed by atoms with E-state index in [2.05, 4.69) is 4.74 Å². The monoisotopic (exact) mass is 459 g/mol. The summed E-state index contributed by atoms with van der Waals surface area (Å²) < 4.78 is 67.5. The molecule has 0 heterocycles. The Balaban J connectivity index is 2.28. The van der Waals surface area contributed by atoms with Crippen molar-refractivity contribution >= 4 is 21.7 Å². The van der Waals surface area contributed by atoms with E-state index in [1.807, 2.05) is 5.32 Å². The molecule has 31 heavy (non-hydrogen) atoms. The Morgan fingerprint density at radius 1 is 1.16 bits per heavy atom. The van der Waals surface area contributed by atoms with Crippen molar-refractivity contribution in [2.24, 2.45) is 0 Å². The molecule has 0 aliphatic carbocycles. The maximum atomic E-state index is 13.0. The van der Waals surface area contributed by atoms with Gasteiger partial charge in [0.2, 0.25) is 9.84 Å². The van der Waals surface area contributed by atoms with Crippen LogP contribution >= 0.6 is 0 Å². The van der Waals surface area contributed by atoms with Crippen LogP contribution in [0.4, 0.5) is 13.2 Å². The second kappa shape index (κ2) is 8.96. The molecule has 0 aromatic heterocycles. The van der Waals surface area contributed by atoms with E-state index < -0.39 is 39.7 Å². The summed E-state index contributed by atoms with van der Waals surface area (Å²) in [5.74, 6) is -3.38. The highest BCUT2D eigenvalue weighted by molar-refractivity contribution is 7.91. The number of carbonyl (C=O) groups excluding carboxylic acids is 2. The fourth-order valence-corrected chi connectivity index (χ4v) is 4.38. The van der Waals surface area contributed by atoms with E-state index in [9.17, 15) is 36.3 Å². The van der Waals surface area contributed by atoms with Gasteiger partial charge >= 0.3 is 18.1 Å². The standard InChI is InChI=1S/C20H20F3NO6S/c1-11-8-16(25)15(18(26)30-3)10-17(11)31(28,29)14-6-4-13(5-7-14)9-12(2)24-19(27)20(21,22)23/h4-8,10,12,25H,9H2,1-3H3,(H,24,27)/t12-/m1/s1. The summed E-state index contributed by atoms with van der Waals surface area (Å²) >= 11 is 0. The fourth-order valence-electron chi connectivity index (χ4n) is 2.88. The van der Waals surface area contributed by atoms with Crippen molar-refractivity contribution in [3.8, 4) is 5.75 Å². The number of amides is 1. The molecule has 2 aromatic carbocycles. The molecular formula is C20H20F3NO6S. The molecule has 0 saturated heterocycles. The van der Waals surface area contributed by atoms with Crippen LogP contribution in [0.2, 0.25) is 0 Å². The van der Waals surface area contributed by atoms with Crippen molar-refractivity contribution in [1.29, 1.82) is 0 Å². The number of phenols is 1. The van der Waals surface area contributed by atoms with Crippen molar-refractivity contribution in [2.75, 3.05) is 7.11 Å². The molecule has 1 atom stereocenters. The third kappa shape index (κ3) is 5.54. The highest BCUT2D eigenvalue weighted by Gasteiger charge is 2.39. The Labute approximate surface area is 176 Å². The minimum absolute atomic E-state index is 0.0485. The zero-order valence-corrected chi connectivity index (χ0v) is 17.6. The summed E-state index contributed by atoms with van der Waals surface area (Å²) in [5.41, 5.74) is 0.404. The predicted molar refractivity (Wildman–Crippen MR) is 103 cm³/mol. The van der Waals surface area contributed by atoms with Gasteiger partial charge in [-0.1, -0.05) is 12.1 Å². The SMILES string of the molecule is COC(=O)c1cc(S(=O)(=O)c2ccc(C[C@@H](C)NC(=O)C(F)(F)F)cc2)c(C)cc1O. The highest BCUT2D eigenvalue weighted by atomic mass is 32.2. The quantitative estimate of drug-likeness (QED) is 0.643. The van der Waals surface area contributed by atoms with E-state index in [0.29, 0.717) is 5.56 Å². The number of esters is 1. The van der Waals surface area contributed by atoms with Gasteiger partial charge in [-0.2, -0.15) is 13.2 Å². The van der Waals surface area contributed by atoms with Crippen LogP contribution in [0.1, 0.15) is 28.4 Å². The number of rotatable bonds is 6. The van der Waals surface area contributed by atoms with Gasteiger partial charge in [-0.15, -0.1) is 0 Å². The summed E-state index contributed by atoms with van der Waals surface area (Å²) in [6, 6.07) is 6.70. The van der Waals surface area contributed by atoms with Crippen molar-refractivity contribution < 1.29 is 41.0 Å². The molecule has 2 rings (SSSR count). The molecule has 168 valence electrons. The molecule has 0 saturated carbocycles. The molecule has 2 aromatic rings. The summed E-state index contributed by atoms with van der Waals surface area (Å²) in [6.45, 7) is 2.84. The van der Waals surface area contributed by atoms with Gasteiger partial charge in [-0.05, 0) is 55.7 Å². The predicted octanol–water partition coefficient (Wildman–Crippen LogP) is 2.93. The van der Waals surface area contributed by atoms with Crippen LogP contribution in [0.3, 0.4) is 0 Å². The minimum atomic E-state index is -4.99. The number of methoxy groups -OCH3 is 1. The van der Waals surface area contributed by atoms with Gasteiger partial charge in [0, 0.05) is 6.04 Å². The normalized spacial score (nSPS) is 12.8. The Morgan fingerprint density at radius 3 is 2.26 bits per heavy atom. The Hall–Kier alpha value is -3.08. The maximum absolute atomic E-state index is 13.0. The maximum Gasteiger partial charge on any atom is 0.471 e. The highest BCUT2D eigenvalue weighted by Crippen LogP contribution is 2.30. The molecule has 0 fully saturated rings. The number of phenolic OH excluding ortho intramolecular Hbond substituents is 1. The summed E-state index contributed by atoms with van der Waals surface area (Å²) in [6.07, 6.45) is -4.94. The topological polar surface area (TPSA) is 110 Å². The van der Waals surface area contributed by atoms with Crippen molar-refractivity contribution in [2.45, 2.75) is 42.3 Å². The lowest BCUT2D eigenvalue weighted by molar-refractivity contribution is -0.174. The molecule has 11 heteroatoms. The number of ether oxygens (including phenoxy) is 1. The lowest BCUT2D eigenvalue weighted by Crippen LogP contribution is -2.42. The molecule has 0 spiro atoms. The van der Waals surface area contributed by atoms with Crippen LogP contribution < -0.4 is 5.32 Å². The summed E-state index contributed by atoms with van der Waals surface area (Å²) in [5, 5.41) is 11.7. The number of hydrogen-bond acceptors (Lipinski definition) is 6. The zero-order valence-electron chi connectivity index (χ0n) is 16.8. The van der Waals surface area contributed by atoms with Crippen molar-refractivity contribution in [3.63, 3.8) is 0 Å². The molecule has 0 bridgehead atoms. The zero-order chi connectivity index (χ0) is 23.6. The third-order valence-electron chi connectivity index (χ3n) is 4.40. The van der Waals surface area contributed by atoms with Gasteiger partial charge in [0.1, 0.15) is 11.3 Å². The number of alkyl halides is 3. The average Bonchev–Trinajstić information content (AvgIpc) is 2.66. The first-order chi connectivity index (χ1) is 14.3. The molecule has 2 N–H and O–H groups in total. The van der Waals surface area contributed by atoms with E-state index in [1.165, 1.54) is 38.1 Å². The van der Waals surface area contributed by atoms with Gasteiger partial charge in [0.25, 0.3) is 0 Å². The smallest absolute Gasteiger partial charge is 0.471 e. The van der Waals surface area contributed by atoms with E-state index in [4.69, 9.17) is 0 Å². The van der Waals surface area contributed by atoms with Gasteiger partial charge in [0.05, 0.1) is 16.9 Å². The number of carbonyl (C=O) groups is 2. The second-order valence-electron chi connectivity index (χ2n) is 6.85. The number of benzene rings is 2. The summed E-state index contributed by atoms with van der Waals surface area (Å²) in [4.78, 5) is 22.4. The molecule has 0 aliphatic heterocycles.